The van der Waals surface area contributed by atoms with Gasteiger partial charge in [-0.2, -0.15) is 0 Å². The third kappa shape index (κ3) is 6.94. The number of carbonyl (C=O) groups excluding carboxylic acids is 1. The van der Waals surface area contributed by atoms with Gasteiger partial charge in [0.15, 0.2) is 0 Å². The summed E-state index contributed by atoms with van der Waals surface area (Å²) in [6, 6.07) is 10.5. The van der Waals surface area contributed by atoms with Crippen molar-refractivity contribution in [3.8, 4) is 5.75 Å². The van der Waals surface area contributed by atoms with Gasteiger partial charge in [-0.3, -0.25) is 24.1 Å². The Balaban J connectivity index is 1.80. The average molecular weight is 519 g/mol. The number of ether oxygens (including phenoxy) is 1. The molecule has 1 heterocycles. The van der Waals surface area contributed by atoms with Gasteiger partial charge in [0.25, 0.3) is 5.69 Å². The summed E-state index contributed by atoms with van der Waals surface area (Å²) >= 11 is 0. The number of carbonyl (C=O) groups is 1. The van der Waals surface area contributed by atoms with Crippen molar-refractivity contribution in [1.82, 2.24) is 10.2 Å². The van der Waals surface area contributed by atoms with Crippen molar-refractivity contribution in [1.29, 1.82) is 0 Å². The smallest absolute Gasteiger partial charge is 0.271 e. The van der Waals surface area contributed by atoms with Crippen molar-refractivity contribution < 1.29 is 22.9 Å². The highest BCUT2D eigenvalue weighted by Crippen LogP contribution is 2.35. The number of sulfonamides is 1. The summed E-state index contributed by atoms with van der Waals surface area (Å²) in [5.41, 5.74) is 1.71. The summed E-state index contributed by atoms with van der Waals surface area (Å²) in [4.78, 5) is 26.4. The first-order valence-corrected chi connectivity index (χ1v) is 13.9. The predicted molar refractivity (Wildman–Crippen MR) is 138 cm³/mol. The zero-order valence-electron chi connectivity index (χ0n) is 21.0. The van der Waals surface area contributed by atoms with E-state index in [1.165, 1.54) is 38.5 Å². The third-order valence-corrected chi connectivity index (χ3v) is 7.42. The molecule has 1 aliphatic rings. The van der Waals surface area contributed by atoms with Gasteiger partial charge in [0.1, 0.15) is 17.5 Å². The van der Waals surface area contributed by atoms with E-state index in [9.17, 15) is 23.3 Å². The molecule has 1 fully saturated rings. The summed E-state index contributed by atoms with van der Waals surface area (Å²) in [7, 11) is -2.65. The van der Waals surface area contributed by atoms with Gasteiger partial charge >= 0.3 is 0 Å². The minimum Gasteiger partial charge on any atom is -0.495 e. The zero-order valence-corrected chi connectivity index (χ0v) is 21.8. The lowest BCUT2D eigenvalue weighted by Crippen LogP contribution is -2.49. The van der Waals surface area contributed by atoms with Crippen molar-refractivity contribution in [2.24, 2.45) is 0 Å². The number of nitrogens with one attached hydrogen (secondary N) is 1. The van der Waals surface area contributed by atoms with Crippen LogP contribution in [0, 0.1) is 10.1 Å². The number of rotatable bonds is 11. The normalized spacial score (nSPS) is 15.2. The standard InChI is InChI=1S/C25H34N4O6S/c1-4-22(28(36(3,33)34)23-16-21(29(31)32)11-12-24(23)35-2)25(30)26-17-19-9-8-10-20(15-19)18-27-13-6-5-7-14-27/h8-12,15-16,22H,4-7,13-14,17-18H2,1-3H3,(H,26,30). The number of amides is 1. The average Bonchev–Trinajstić information content (AvgIpc) is 2.85. The molecule has 11 heteroatoms. The van der Waals surface area contributed by atoms with E-state index in [1.807, 2.05) is 18.2 Å². The molecule has 3 rings (SSSR count). The molecule has 0 aromatic heterocycles. The molecule has 10 nitrogen and oxygen atoms in total. The molecule has 1 N–H and O–H groups in total. The highest BCUT2D eigenvalue weighted by atomic mass is 32.2. The summed E-state index contributed by atoms with van der Waals surface area (Å²) in [5, 5.41) is 14.2. The Morgan fingerprint density at radius 1 is 1.17 bits per heavy atom. The fourth-order valence-electron chi connectivity index (χ4n) is 4.52. The van der Waals surface area contributed by atoms with Crippen molar-refractivity contribution in [3.05, 3.63) is 63.7 Å². The van der Waals surface area contributed by atoms with E-state index >= 15 is 0 Å². The third-order valence-electron chi connectivity index (χ3n) is 6.25. The largest absolute Gasteiger partial charge is 0.495 e. The van der Waals surface area contributed by atoms with Gasteiger partial charge in [0.05, 0.1) is 18.3 Å². The number of benzene rings is 2. The Bertz CT molecular complexity index is 1180. The quantitative estimate of drug-likeness (QED) is 0.357. The Morgan fingerprint density at radius 3 is 2.47 bits per heavy atom. The molecule has 0 saturated carbocycles. The van der Waals surface area contributed by atoms with Crippen LogP contribution in [0.3, 0.4) is 0 Å². The van der Waals surface area contributed by atoms with E-state index in [0.29, 0.717) is 0 Å². The van der Waals surface area contributed by atoms with Crippen molar-refractivity contribution in [2.75, 3.05) is 30.8 Å². The number of nitro benzene ring substituents is 1. The van der Waals surface area contributed by atoms with E-state index < -0.39 is 26.9 Å². The fourth-order valence-corrected chi connectivity index (χ4v) is 5.73. The molecular formula is C25H34N4O6S. The fraction of sp³-hybridized carbons (Fsp3) is 0.480. The maximum absolute atomic E-state index is 13.2. The lowest BCUT2D eigenvalue weighted by molar-refractivity contribution is -0.384. The van der Waals surface area contributed by atoms with Gasteiger partial charge < -0.3 is 10.1 Å². The Hall–Kier alpha value is -3.18. The second kappa shape index (κ2) is 12.2. The number of anilines is 1. The van der Waals surface area contributed by atoms with Crippen LogP contribution in [0.1, 0.15) is 43.7 Å². The van der Waals surface area contributed by atoms with Crippen molar-refractivity contribution >= 4 is 27.3 Å². The molecule has 0 radical (unpaired) electrons. The zero-order chi connectivity index (χ0) is 26.3. The molecule has 2 aromatic carbocycles. The summed E-state index contributed by atoms with van der Waals surface area (Å²) in [6.07, 6.45) is 4.81. The lowest BCUT2D eigenvalue weighted by Gasteiger charge is -2.31. The van der Waals surface area contributed by atoms with Gasteiger partial charge in [-0.1, -0.05) is 37.6 Å². The van der Waals surface area contributed by atoms with Crippen molar-refractivity contribution in [2.45, 2.75) is 51.7 Å². The van der Waals surface area contributed by atoms with Crippen LogP contribution in [0.15, 0.2) is 42.5 Å². The Kier molecular flexibility index (Phi) is 9.27. The second-order valence-electron chi connectivity index (χ2n) is 8.97. The minimum absolute atomic E-state index is 0.0558. The highest BCUT2D eigenvalue weighted by Gasteiger charge is 2.34. The van der Waals surface area contributed by atoms with Crippen LogP contribution in [-0.2, 0) is 27.9 Å². The summed E-state index contributed by atoms with van der Waals surface area (Å²) in [6.45, 7) is 4.94. The van der Waals surface area contributed by atoms with Gasteiger partial charge in [-0.25, -0.2) is 8.42 Å². The minimum atomic E-state index is -3.99. The van der Waals surface area contributed by atoms with Gasteiger partial charge in [-0.15, -0.1) is 0 Å². The topological polar surface area (TPSA) is 122 Å². The Labute approximate surface area is 212 Å². The number of hydrogen-bond acceptors (Lipinski definition) is 7. The number of nitrogens with zero attached hydrogens (tertiary/aromatic N) is 3. The number of piperidine rings is 1. The first-order valence-electron chi connectivity index (χ1n) is 12.0. The first-order chi connectivity index (χ1) is 17.1. The van der Waals surface area contributed by atoms with Gasteiger partial charge in [0, 0.05) is 25.2 Å². The molecule has 1 atom stereocenters. The van der Waals surface area contributed by atoms with Crippen LogP contribution in [-0.4, -0.2) is 56.6 Å². The van der Waals surface area contributed by atoms with Gasteiger partial charge in [0.2, 0.25) is 15.9 Å². The first kappa shape index (κ1) is 27.4. The maximum Gasteiger partial charge on any atom is 0.271 e. The van der Waals surface area contributed by atoms with E-state index in [2.05, 4.69) is 16.3 Å². The van der Waals surface area contributed by atoms with E-state index in [0.717, 1.165) is 47.4 Å². The van der Waals surface area contributed by atoms with E-state index in [4.69, 9.17) is 4.74 Å². The van der Waals surface area contributed by atoms with Crippen LogP contribution >= 0.6 is 0 Å². The summed E-state index contributed by atoms with van der Waals surface area (Å²) < 4.78 is 31.8. The monoisotopic (exact) mass is 518 g/mol. The number of hydrogen-bond donors (Lipinski definition) is 1. The van der Waals surface area contributed by atoms with E-state index in [-0.39, 0.29) is 30.1 Å². The molecule has 36 heavy (non-hydrogen) atoms. The van der Waals surface area contributed by atoms with Crippen LogP contribution in [0.4, 0.5) is 11.4 Å². The highest BCUT2D eigenvalue weighted by molar-refractivity contribution is 7.92. The van der Waals surface area contributed by atoms with Crippen LogP contribution < -0.4 is 14.4 Å². The van der Waals surface area contributed by atoms with Crippen LogP contribution in [0.25, 0.3) is 0 Å². The van der Waals surface area contributed by atoms with Crippen LogP contribution in [0.5, 0.6) is 5.75 Å². The second-order valence-corrected chi connectivity index (χ2v) is 10.8. The lowest BCUT2D eigenvalue weighted by atomic mass is 10.1. The van der Waals surface area contributed by atoms with E-state index in [1.54, 1.807) is 6.92 Å². The number of methoxy groups -OCH3 is 1. The molecule has 0 spiro atoms. The number of likely N-dealkylation sites (tertiary alicyclic amines) is 1. The predicted octanol–water partition coefficient (Wildman–Crippen LogP) is 3.45. The molecule has 1 unspecified atom stereocenters. The molecule has 2 aromatic rings. The number of non-ortho nitro benzene ring substituents is 1. The molecular weight excluding hydrogens is 484 g/mol. The molecule has 0 aliphatic carbocycles. The van der Waals surface area contributed by atoms with Gasteiger partial charge in [-0.05, 0) is 49.5 Å². The van der Waals surface area contributed by atoms with Crippen molar-refractivity contribution in [3.63, 3.8) is 0 Å². The van der Waals surface area contributed by atoms with Crippen LogP contribution in [0.2, 0.25) is 0 Å². The Morgan fingerprint density at radius 2 is 1.86 bits per heavy atom. The molecule has 1 amide bonds. The molecule has 1 aliphatic heterocycles. The summed E-state index contributed by atoms with van der Waals surface area (Å²) in [5.74, 6) is -0.388. The molecule has 1 saturated heterocycles. The molecule has 0 bridgehead atoms. The number of nitro groups is 1. The SMILES string of the molecule is CCC(C(=O)NCc1cccc(CN2CCCCC2)c1)N(c1cc([N+](=O)[O-])ccc1OC)S(C)(=O)=O. The molecule has 196 valence electrons. The maximum atomic E-state index is 13.2.